The third-order valence-corrected chi connectivity index (χ3v) is 1.87. The molecule has 0 aliphatic carbocycles. The van der Waals surface area contributed by atoms with E-state index in [4.69, 9.17) is 14.9 Å². The first-order valence-electron chi connectivity index (χ1n) is 5.07. The van der Waals surface area contributed by atoms with Gasteiger partial charge in [0.1, 0.15) is 5.75 Å². The number of nitrogens with one attached hydrogen (secondary N) is 1. The summed E-state index contributed by atoms with van der Waals surface area (Å²) in [6.45, 7) is 2.38. The van der Waals surface area contributed by atoms with Crippen LogP contribution >= 0.6 is 0 Å². The standard InChI is InChI=1S/C11H12N2O5/c1-2-18-8-5-3-7(4-6-8)12-13-9(10(14)15)11(16)17/h3-6,12H,2H2,1H3,(H,14,15)(H,16,17). The van der Waals surface area contributed by atoms with Gasteiger partial charge in [0, 0.05) is 0 Å². The third kappa shape index (κ3) is 3.78. The van der Waals surface area contributed by atoms with Crippen molar-refractivity contribution in [3.05, 3.63) is 24.3 Å². The van der Waals surface area contributed by atoms with Crippen molar-refractivity contribution in [1.82, 2.24) is 0 Å². The number of carboxylic acids is 2. The molecule has 1 aromatic rings. The minimum absolute atomic E-state index is 0.457. The van der Waals surface area contributed by atoms with Crippen molar-refractivity contribution in [3.63, 3.8) is 0 Å². The highest BCUT2D eigenvalue weighted by atomic mass is 16.5. The number of hydrazone groups is 1. The second-order valence-electron chi connectivity index (χ2n) is 3.14. The zero-order valence-corrected chi connectivity index (χ0v) is 9.58. The first kappa shape index (κ1) is 13.5. The van der Waals surface area contributed by atoms with E-state index in [1.54, 1.807) is 24.3 Å². The van der Waals surface area contributed by atoms with Gasteiger partial charge in [0.05, 0.1) is 12.3 Å². The van der Waals surface area contributed by atoms with E-state index in [0.717, 1.165) is 0 Å². The van der Waals surface area contributed by atoms with Gasteiger partial charge in [-0.2, -0.15) is 5.10 Å². The maximum absolute atomic E-state index is 10.5. The van der Waals surface area contributed by atoms with Crippen LogP contribution in [-0.2, 0) is 9.59 Å². The van der Waals surface area contributed by atoms with Crippen LogP contribution in [-0.4, -0.2) is 34.5 Å². The molecule has 3 N–H and O–H groups in total. The van der Waals surface area contributed by atoms with Gasteiger partial charge in [-0.25, -0.2) is 9.59 Å². The smallest absolute Gasteiger partial charge is 0.364 e. The van der Waals surface area contributed by atoms with Crippen LogP contribution in [0.2, 0.25) is 0 Å². The summed E-state index contributed by atoms with van der Waals surface area (Å²) in [5, 5.41) is 20.4. The summed E-state index contributed by atoms with van der Waals surface area (Å²) in [7, 11) is 0. The number of benzene rings is 1. The quantitative estimate of drug-likeness (QED) is 0.396. The monoisotopic (exact) mass is 252 g/mol. The van der Waals surface area contributed by atoms with E-state index >= 15 is 0 Å². The number of aliphatic carboxylic acids is 2. The van der Waals surface area contributed by atoms with Crippen molar-refractivity contribution >= 4 is 23.3 Å². The zero-order valence-electron chi connectivity index (χ0n) is 9.58. The lowest BCUT2D eigenvalue weighted by Gasteiger charge is -2.04. The normalized spacial score (nSPS) is 9.39. The molecule has 0 saturated heterocycles. The molecule has 7 heteroatoms. The Morgan fingerprint density at radius 2 is 1.78 bits per heavy atom. The molecule has 0 amide bonds. The van der Waals surface area contributed by atoms with Crippen LogP contribution in [0.3, 0.4) is 0 Å². The third-order valence-electron chi connectivity index (χ3n) is 1.87. The van der Waals surface area contributed by atoms with Gasteiger partial charge >= 0.3 is 11.9 Å². The lowest BCUT2D eigenvalue weighted by molar-refractivity contribution is -0.134. The molecule has 0 unspecified atom stereocenters. The minimum Gasteiger partial charge on any atom is -0.494 e. The summed E-state index contributed by atoms with van der Waals surface area (Å²) < 4.78 is 5.21. The summed E-state index contributed by atoms with van der Waals surface area (Å²) in [6, 6.07) is 6.50. The molecular formula is C11H12N2O5. The van der Waals surface area contributed by atoms with Gasteiger partial charge < -0.3 is 14.9 Å². The maximum Gasteiger partial charge on any atom is 0.364 e. The van der Waals surface area contributed by atoms with E-state index in [9.17, 15) is 9.59 Å². The predicted octanol–water partition coefficient (Wildman–Crippen LogP) is 1.02. The van der Waals surface area contributed by atoms with Crippen LogP contribution in [0.25, 0.3) is 0 Å². The molecule has 0 spiro atoms. The summed E-state index contributed by atoms with van der Waals surface area (Å²) in [5.41, 5.74) is 1.82. The number of carboxylic acid groups (broad SMARTS) is 2. The first-order valence-corrected chi connectivity index (χ1v) is 5.07. The van der Waals surface area contributed by atoms with E-state index in [1.807, 2.05) is 6.92 Å². The van der Waals surface area contributed by atoms with Crippen molar-refractivity contribution in [2.75, 3.05) is 12.0 Å². The highest BCUT2D eigenvalue weighted by Gasteiger charge is 2.18. The second kappa shape index (κ2) is 6.24. The Morgan fingerprint density at radius 1 is 1.22 bits per heavy atom. The average molecular weight is 252 g/mol. The first-order chi connectivity index (χ1) is 8.54. The number of hydrogen-bond acceptors (Lipinski definition) is 5. The fourth-order valence-corrected chi connectivity index (χ4v) is 1.10. The van der Waals surface area contributed by atoms with E-state index in [1.165, 1.54) is 0 Å². The average Bonchev–Trinajstić information content (AvgIpc) is 2.31. The Balaban J connectivity index is 2.75. The molecule has 0 radical (unpaired) electrons. The fourth-order valence-electron chi connectivity index (χ4n) is 1.10. The molecule has 7 nitrogen and oxygen atoms in total. The SMILES string of the molecule is CCOc1ccc(NN=C(C(=O)O)C(=O)O)cc1. The van der Waals surface area contributed by atoms with Gasteiger partial charge in [-0.1, -0.05) is 0 Å². The largest absolute Gasteiger partial charge is 0.494 e. The fraction of sp³-hybridized carbons (Fsp3) is 0.182. The summed E-state index contributed by atoms with van der Waals surface area (Å²) in [5.74, 6) is -2.56. The van der Waals surface area contributed by atoms with Gasteiger partial charge in [-0.05, 0) is 31.2 Å². The Kier molecular flexibility index (Phi) is 4.67. The molecule has 0 aromatic heterocycles. The molecule has 0 fully saturated rings. The lowest BCUT2D eigenvalue weighted by Crippen LogP contribution is -2.24. The predicted molar refractivity (Wildman–Crippen MR) is 63.9 cm³/mol. The zero-order chi connectivity index (χ0) is 13.5. The highest BCUT2D eigenvalue weighted by molar-refractivity contribution is 6.61. The van der Waals surface area contributed by atoms with Gasteiger partial charge in [0.2, 0.25) is 0 Å². The van der Waals surface area contributed by atoms with Crippen LogP contribution in [0.4, 0.5) is 5.69 Å². The van der Waals surface area contributed by atoms with Crippen molar-refractivity contribution < 1.29 is 24.5 Å². The van der Waals surface area contributed by atoms with E-state index in [0.29, 0.717) is 18.0 Å². The van der Waals surface area contributed by atoms with Crippen LogP contribution in [0.5, 0.6) is 5.75 Å². The number of ether oxygens (including phenoxy) is 1. The molecule has 0 heterocycles. The van der Waals surface area contributed by atoms with Gasteiger partial charge in [-0.15, -0.1) is 0 Å². The Bertz CT molecular complexity index is 451. The second-order valence-corrected chi connectivity index (χ2v) is 3.14. The molecule has 0 aliphatic rings. The Morgan fingerprint density at radius 3 is 2.22 bits per heavy atom. The van der Waals surface area contributed by atoms with E-state index in [2.05, 4.69) is 10.5 Å². The van der Waals surface area contributed by atoms with Crippen LogP contribution in [0, 0.1) is 0 Å². The highest BCUT2D eigenvalue weighted by Crippen LogP contribution is 2.15. The summed E-state index contributed by atoms with van der Waals surface area (Å²) in [6.07, 6.45) is 0. The van der Waals surface area contributed by atoms with E-state index in [-0.39, 0.29) is 0 Å². The van der Waals surface area contributed by atoms with Gasteiger partial charge in [0.15, 0.2) is 0 Å². The number of carbonyl (C=O) groups is 2. The van der Waals surface area contributed by atoms with Crippen LogP contribution in [0.1, 0.15) is 6.92 Å². The van der Waals surface area contributed by atoms with Gasteiger partial charge in [0.25, 0.3) is 5.71 Å². The molecule has 96 valence electrons. The van der Waals surface area contributed by atoms with Crippen molar-refractivity contribution in [2.45, 2.75) is 6.92 Å². The number of nitrogens with zero attached hydrogens (tertiary/aromatic N) is 1. The molecule has 0 bridgehead atoms. The van der Waals surface area contributed by atoms with Gasteiger partial charge in [-0.3, -0.25) is 5.43 Å². The van der Waals surface area contributed by atoms with E-state index < -0.39 is 17.7 Å². The summed E-state index contributed by atoms with van der Waals surface area (Å²) in [4.78, 5) is 21.1. The molecule has 0 aliphatic heterocycles. The maximum atomic E-state index is 10.5. The topological polar surface area (TPSA) is 108 Å². The number of rotatable bonds is 6. The Labute approximate surface area is 103 Å². The lowest BCUT2D eigenvalue weighted by atomic mass is 10.3. The van der Waals surface area contributed by atoms with Crippen molar-refractivity contribution in [1.29, 1.82) is 0 Å². The molecule has 1 aromatic carbocycles. The van der Waals surface area contributed by atoms with Crippen molar-refractivity contribution in [3.8, 4) is 5.75 Å². The molecule has 0 saturated carbocycles. The summed E-state index contributed by atoms with van der Waals surface area (Å²) >= 11 is 0. The minimum atomic E-state index is -1.61. The number of hydrogen-bond donors (Lipinski definition) is 3. The molecule has 0 atom stereocenters. The molecule has 18 heavy (non-hydrogen) atoms. The van der Waals surface area contributed by atoms with Crippen LogP contribution < -0.4 is 10.2 Å². The Hall–Kier alpha value is -2.57. The molecule has 1 rings (SSSR count). The van der Waals surface area contributed by atoms with Crippen molar-refractivity contribution in [2.24, 2.45) is 5.10 Å². The molecular weight excluding hydrogens is 240 g/mol. The number of anilines is 1. The van der Waals surface area contributed by atoms with Crippen LogP contribution in [0.15, 0.2) is 29.4 Å².